The summed E-state index contributed by atoms with van der Waals surface area (Å²) in [5.74, 6) is 1.13. The van der Waals surface area contributed by atoms with Crippen molar-refractivity contribution < 1.29 is 14.1 Å². The first-order chi connectivity index (χ1) is 11.2. The summed E-state index contributed by atoms with van der Waals surface area (Å²) in [6.45, 7) is 1.43. The quantitative estimate of drug-likeness (QED) is 0.859. The van der Waals surface area contributed by atoms with Crippen LogP contribution >= 0.6 is 11.6 Å². The molecule has 1 saturated heterocycles. The monoisotopic (exact) mass is 335 g/mol. The molecule has 23 heavy (non-hydrogen) atoms. The van der Waals surface area contributed by atoms with Crippen LogP contribution in [0.15, 0.2) is 28.8 Å². The summed E-state index contributed by atoms with van der Waals surface area (Å²) < 4.78 is 10.3. The Hall–Kier alpha value is -1.92. The van der Waals surface area contributed by atoms with Crippen molar-refractivity contribution >= 4 is 17.5 Å². The number of rotatable bonds is 4. The summed E-state index contributed by atoms with van der Waals surface area (Å²) in [6.07, 6.45) is 1.84. The van der Waals surface area contributed by atoms with Crippen molar-refractivity contribution in [1.82, 2.24) is 15.0 Å². The average Bonchev–Trinajstić information content (AvgIpc) is 3.05. The zero-order valence-corrected chi connectivity index (χ0v) is 13.6. The van der Waals surface area contributed by atoms with E-state index < -0.39 is 0 Å². The van der Waals surface area contributed by atoms with Crippen LogP contribution in [0.4, 0.5) is 0 Å². The Morgan fingerprint density at radius 3 is 3.17 bits per heavy atom. The van der Waals surface area contributed by atoms with Gasteiger partial charge in [0.15, 0.2) is 0 Å². The Balaban J connectivity index is 1.73. The molecule has 1 aromatic heterocycles. The van der Waals surface area contributed by atoms with E-state index in [9.17, 15) is 4.79 Å². The van der Waals surface area contributed by atoms with Crippen molar-refractivity contribution in [2.45, 2.75) is 18.8 Å². The summed E-state index contributed by atoms with van der Waals surface area (Å²) in [5, 5.41) is 4.66. The second kappa shape index (κ2) is 7.10. The maximum atomic E-state index is 12.0. The molecule has 122 valence electrons. The van der Waals surface area contributed by atoms with Crippen molar-refractivity contribution in [3.8, 4) is 11.4 Å². The van der Waals surface area contributed by atoms with Gasteiger partial charge in [-0.1, -0.05) is 28.9 Å². The lowest BCUT2D eigenvalue weighted by molar-refractivity contribution is -0.136. The van der Waals surface area contributed by atoms with Crippen LogP contribution in [-0.4, -0.2) is 47.8 Å². The maximum Gasteiger partial charge on any atom is 0.248 e. The number of halogens is 1. The van der Waals surface area contributed by atoms with Gasteiger partial charge >= 0.3 is 0 Å². The minimum atomic E-state index is -0.00761. The molecule has 7 heteroatoms. The van der Waals surface area contributed by atoms with Gasteiger partial charge in [-0.3, -0.25) is 4.79 Å². The Morgan fingerprint density at radius 2 is 2.39 bits per heavy atom. The topological polar surface area (TPSA) is 68.5 Å². The summed E-state index contributed by atoms with van der Waals surface area (Å²) >= 11 is 5.99. The van der Waals surface area contributed by atoms with Gasteiger partial charge in [-0.15, -0.1) is 0 Å². The molecule has 6 nitrogen and oxygen atoms in total. The van der Waals surface area contributed by atoms with E-state index in [2.05, 4.69) is 10.1 Å². The summed E-state index contributed by atoms with van der Waals surface area (Å²) in [7, 11) is 1.52. The highest BCUT2D eigenvalue weighted by Gasteiger charge is 2.28. The van der Waals surface area contributed by atoms with Gasteiger partial charge in [0.05, 0.1) is 5.92 Å². The van der Waals surface area contributed by atoms with E-state index in [1.807, 2.05) is 12.1 Å². The molecule has 1 aliphatic rings. The van der Waals surface area contributed by atoms with Crippen LogP contribution in [0, 0.1) is 0 Å². The zero-order chi connectivity index (χ0) is 16.2. The van der Waals surface area contributed by atoms with Gasteiger partial charge < -0.3 is 14.2 Å². The van der Waals surface area contributed by atoms with Gasteiger partial charge in [-0.25, -0.2) is 0 Å². The Kier molecular flexibility index (Phi) is 4.93. The van der Waals surface area contributed by atoms with Crippen molar-refractivity contribution in [2.24, 2.45) is 0 Å². The molecule has 1 atom stereocenters. The van der Waals surface area contributed by atoms with Gasteiger partial charge in [0.2, 0.25) is 17.6 Å². The van der Waals surface area contributed by atoms with Crippen LogP contribution in [0.1, 0.15) is 24.7 Å². The number of nitrogens with zero attached hydrogens (tertiary/aromatic N) is 3. The van der Waals surface area contributed by atoms with Gasteiger partial charge in [0.1, 0.15) is 6.61 Å². The van der Waals surface area contributed by atoms with Crippen LogP contribution in [0.2, 0.25) is 5.02 Å². The predicted molar refractivity (Wildman–Crippen MR) is 85.2 cm³/mol. The molecule has 1 fully saturated rings. The molecule has 1 aliphatic heterocycles. The maximum absolute atomic E-state index is 12.0. The van der Waals surface area contributed by atoms with E-state index in [0.717, 1.165) is 24.9 Å². The van der Waals surface area contributed by atoms with Crippen molar-refractivity contribution in [3.05, 3.63) is 35.2 Å². The molecule has 2 aromatic rings. The van der Waals surface area contributed by atoms with Crippen LogP contribution < -0.4 is 0 Å². The van der Waals surface area contributed by atoms with Crippen molar-refractivity contribution in [3.63, 3.8) is 0 Å². The lowest BCUT2D eigenvalue weighted by Gasteiger charge is -2.30. The molecule has 0 aliphatic carbocycles. The number of amides is 1. The molecular weight excluding hydrogens is 318 g/mol. The molecular formula is C16H18ClN3O3. The molecule has 0 radical (unpaired) electrons. The van der Waals surface area contributed by atoms with E-state index in [-0.39, 0.29) is 18.4 Å². The highest BCUT2D eigenvalue weighted by molar-refractivity contribution is 6.30. The number of piperidine rings is 1. The SMILES string of the molecule is COCC(=O)N1CCCC(c2nc(-c3cccc(Cl)c3)no2)C1. The summed E-state index contributed by atoms with van der Waals surface area (Å²) in [5.41, 5.74) is 0.815. The van der Waals surface area contributed by atoms with Crippen molar-refractivity contribution in [2.75, 3.05) is 26.8 Å². The van der Waals surface area contributed by atoms with E-state index in [4.69, 9.17) is 20.9 Å². The van der Waals surface area contributed by atoms with E-state index >= 15 is 0 Å². The van der Waals surface area contributed by atoms with Crippen LogP contribution in [0.3, 0.4) is 0 Å². The minimum Gasteiger partial charge on any atom is -0.375 e. The zero-order valence-electron chi connectivity index (χ0n) is 12.9. The average molecular weight is 336 g/mol. The van der Waals surface area contributed by atoms with Crippen LogP contribution in [0.5, 0.6) is 0 Å². The van der Waals surface area contributed by atoms with E-state index in [1.165, 1.54) is 7.11 Å². The number of ether oxygens (including phenoxy) is 1. The predicted octanol–water partition coefficient (Wildman–Crippen LogP) is 2.74. The minimum absolute atomic E-state index is 0.00761. The normalized spacial score (nSPS) is 18.2. The molecule has 1 aromatic carbocycles. The van der Waals surface area contributed by atoms with E-state index in [0.29, 0.717) is 23.3 Å². The fourth-order valence-electron chi connectivity index (χ4n) is 2.77. The highest BCUT2D eigenvalue weighted by Crippen LogP contribution is 2.28. The number of aromatic nitrogens is 2. The van der Waals surface area contributed by atoms with Crippen LogP contribution in [-0.2, 0) is 9.53 Å². The molecule has 0 bridgehead atoms. The molecule has 0 N–H and O–H groups in total. The number of hydrogen-bond acceptors (Lipinski definition) is 5. The summed E-state index contributed by atoms with van der Waals surface area (Å²) in [6, 6.07) is 7.33. The molecule has 3 rings (SSSR count). The third-order valence-electron chi connectivity index (χ3n) is 3.92. The first kappa shape index (κ1) is 16.0. The number of methoxy groups -OCH3 is 1. The van der Waals surface area contributed by atoms with E-state index in [1.54, 1.807) is 17.0 Å². The number of carbonyl (C=O) groups is 1. The van der Waals surface area contributed by atoms with Gasteiger partial charge in [-0.2, -0.15) is 4.98 Å². The first-order valence-electron chi connectivity index (χ1n) is 7.53. The molecule has 2 heterocycles. The molecule has 1 unspecified atom stereocenters. The number of likely N-dealkylation sites (tertiary alicyclic amines) is 1. The Labute approximate surface area is 139 Å². The largest absolute Gasteiger partial charge is 0.375 e. The molecule has 1 amide bonds. The van der Waals surface area contributed by atoms with Gasteiger partial charge in [0, 0.05) is 30.8 Å². The second-order valence-electron chi connectivity index (χ2n) is 5.58. The molecule has 0 spiro atoms. The van der Waals surface area contributed by atoms with Gasteiger partial charge in [0.25, 0.3) is 0 Å². The van der Waals surface area contributed by atoms with Gasteiger partial charge in [-0.05, 0) is 25.0 Å². The standard InChI is InChI=1S/C16H18ClN3O3/c1-22-10-14(21)20-7-3-5-12(9-20)16-18-15(19-23-16)11-4-2-6-13(17)8-11/h2,4,6,8,12H,3,5,7,9-10H2,1H3. The second-order valence-corrected chi connectivity index (χ2v) is 6.01. The Bertz CT molecular complexity index is 689. The lowest BCUT2D eigenvalue weighted by Crippen LogP contribution is -2.40. The van der Waals surface area contributed by atoms with Crippen molar-refractivity contribution in [1.29, 1.82) is 0 Å². The number of carbonyl (C=O) groups excluding carboxylic acids is 1. The number of hydrogen-bond donors (Lipinski definition) is 0. The third-order valence-corrected chi connectivity index (χ3v) is 4.15. The molecule has 0 saturated carbocycles. The highest BCUT2D eigenvalue weighted by atomic mass is 35.5. The fourth-order valence-corrected chi connectivity index (χ4v) is 2.96. The smallest absolute Gasteiger partial charge is 0.248 e. The Morgan fingerprint density at radius 1 is 1.52 bits per heavy atom. The fraction of sp³-hybridized carbons (Fsp3) is 0.438. The third kappa shape index (κ3) is 3.71. The number of benzene rings is 1. The summed E-state index contributed by atoms with van der Waals surface area (Å²) in [4.78, 5) is 18.2. The first-order valence-corrected chi connectivity index (χ1v) is 7.91. The van der Waals surface area contributed by atoms with Crippen LogP contribution in [0.25, 0.3) is 11.4 Å². The lowest BCUT2D eigenvalue weighted by atomic mass is 9.98.